The molecule has 9 nitrogen and oxygen atoms in total. The Balaban J connectivity index is 1.54. The van der Waals surface area contributed by atoms with Gasteiger partial charge in [0.2, 0.25) is 15.9 Å². The topological polar surface area (TPSA) is 99.3 Å². The molecule has 0 aromatic heterocycles. The summed E-state index contributed by atoms with van der Waals surface area (Å²) in [5.41, 5.74) is 0.461. The lowest BCUT2D eigenvalue weighted by Gasteiger charge is -2.33. The third-order valence-electron chi connectivity index (χ3n) is 5.34. The van der Waals surface area contributed by atoms with E-state index in [1.165, 1.54) is 10.4 Å². The number of carbonyl (C=O) groups is 2. The third-order valence-corrected chi connectivity index (χ3v) is 7.23. The van der Waals surface area contributed by atoms with E-state index < -0.39 is 10.0 Å². The van der Waals surface area contributed by atoms with Gasteiger partial charge in [-0.05, 0) is 38.0 Å². The van der Waals surface area contributed by atoms with E-state index in [1.807, 2.05) is 4.90 Å². The maximum atomic E-state index is 12.8. The molecule has 0 spiro atoms. The number of piperidine rings is 1. The van der Waals surface area contributed by atoms with E-state index in [0.717, 1.165) is 19.3 Å². The molecule has 0 radical (unpaired) electrons. The quantitative estimate of drug-likeness (QED) is 0.724. The molecule has 0 aliphatic carbocycles. The lowest BCUT2D eigenvalue weighted by atomic mass is 10.2. The van der Waals surface area contributed by atoms with Gasteiger partial charge in [0.15, 0.2) is 0 Å². The smallest absolute Gasteiger partial charge is 0.409 e. The molecule has 30 heavy (non-hydrogen) atoms. The summed E-state index contributed by atoms with van der Waals surface area (Å²) in [6, 6.07) is 6.41. The number of nitrogens with one attached hydrogen (secondary N) is 1. The van der Waals surface area contributed by atoms with Crippen LogP contribution in [-0.4, -0.2) is 86.9 Å². The second-order valence-corrected chi connectivity index (χ2v) is 9.44. The van der Waals surface area contributed by atoms with Crippen molar-refractivity contribution in [1.29, 1.82) is 0 Å². The van der Waals surface area contributed by atoms with Crippen LogP contribution in [0.3, 0.4) is 0 Å². The van der Waals surface area contributed by atoms with Gasteiger partial charge in [-0.25, -0.2) is 13.2 Å². The maximum absolute atomic E-state index is 12.8. The number of carbonyl (C=O) groups excluding carboxylic acids is 2. The van der Waals surface area contributed by atoms with Crippen molar-refractivity contribution in [2.75, 3.05) is 57.7 Å². The second-order valence-electron chi connectivity index (χ2n) is 7.50. The van der Waals surface area contributed by atoms with Gasteiger partial charge >= 0.3 is 6.09 Å². The minimum atomic E-state index is -3.54. The minimum Gasteiger partial charge on any atom is -0.450 e. The fraction of sp³-hybridized carbons (Fsp3) is 0.600. The summed E-state index contributed by atoms with van der Waals surface area (Å²) in [7, 11) is -3.54. The maximum Gasteiger partial charge on any atom is 0.409 e. The second kappa shape index (κ2) is 10.2. The lowest BCUT2D eigenvalue weighted by Crippen LogP contribution is -2.50. The number of nitrogens with zero attached hydrogens (tertiary/aromatic N) is 3. The SMILES string of the molecule is CCOC(=O)N1CCN(CC(=O)Nc2cccc(S(=O)(=O)N3CCCCC3)c2)CC1. The van der Waals surface area contributed by atoms with Crippen molar-refractivity contribution < 1.29 is 22.7 Å². The van der Waals surface area contributed by atoms with Gasteiger partial charge in [0.1, 0.15) is 0 Å². The Labute approximate surface area is 178 Å². The van der Waals surface area contributed by atoms with Gasteiger partial charge in [0.05, 0.1) is 18.0 Å². The molecule has 0 saturated carbocycles. The molecule has 2 aliphatic heterocycles. The van der Waals surface area contributed by atoms with Crippen LogP contribution >= 0.6 is 0 Å². The molecule has 2 fully saturated rings. The van der Waals surface area contributed by atoms with Crippen LogP contribution in [0.4, 0.5) is 10.5 Å². The zero-order valence-electron chi connectivity index (χ0n) is 17.4. The number of rotatable bonds is 6. The van der Waals surface area contributed by atoms with Gasteiger partial charge in [-0.1, -0.05) is 12.5 Å². The molecule has 0 bridgehead atoms. The van der Waals surface area contributed by atoms with E-state index in [0.29, 0.717) is 51.6 Å². The van der Waals surface area contributed by atoms with Crippen LogP contribution in [0.25, 0.3) is 0 Å². The highest BCUT2D eigenvalue weighted by atomic mass is 32.2. The normalized spacial score (nSPS) is 18.8. The zero-order valence-corrected chi connectivity index (χ0v) is 18.2. The fourth-order valence-corrected chi connectivity index (χ4v) is 5.26. The Morgan fingerprint density at radius 1 is 1.03 bits per heavy atom. The summed E-state index contributed by atoms with van der Waals surface area (Å²) in [6.45, 7) is 5.54. The summed E-state index contributed by atoms with van der Waals surface area (Å²) in [4.78, 5) is 28.0. The molecular weight excluding hydrogens is 408 g/mol. The zero-order chi connectivity index (χ0) is 21.6. The van der Waals surface area contributed by atoms with Crippen LogP contribution < -0.4 is 5.32 Å². The van der Waals surface area contributed by atoms with Gasteiger partial charge in [0.25, 0.3) is 0 Å². The number of piperazine rings is 1. The first-order valence-electron chi connectivity index (χ1n) is 10.4. The number of benzene rings is 1. The van der Waals surface area contributed by atoms with Crippen LogP contribution in [-0.2, 0) is 19.6 Å². The molecule has 1 aromatic carbocycles. The molecule has 2 amide bonds. The van der Waals surface area contributed by atoms with Crippen molar-refractivity contribution in [2.45, 2.75) is 31.1 Å². The number of sulfonamides is 1. The Kier molecular flexibility index (Phi) is 7.68. The highest BCUT2D eigenvalue weighted by Crippen LogP contribution is 2.23. The van der Waals surface area contributed by atoms with E-state index in [4.69, 9.17) is 4.74 Å². The summed E-state index contributed by atoms with van der Waals surface area (Å²) in [5, 5.41) is 2.79. The van der Waals surface area contributed by atoms with Gasteiger partial charge < -0.3 is 15.0 Å². The highest BCUT2D eigenvalue weighted by molar-refractivity contribution is 7.89. The van der Waals surface area contributed by atoms with Gasteiger partial charge in [-0.15, -0.1) is 0 Å². The predicted octanol–water partition coefficient (Wildman–Crippen LogP) is 1.57. The number of hydrogen-bond donors (Lipinski definition) is 1. The number of anilines is 1. The van der Waals surface area contributed by atoms with E-state index in [2.05, 4.69) is 5.32 Å². The van der Waals surface area contributed by atoms with Crippen molar-refractivity contribution in [3.63, 3.8) is 0 Å². The summed E-state index contributed by atoms with van der Waals surface area (Å²) < 4.78 is 32.2. The largest absolute Gasteiger partial charge is 0.450 e. The Morgan fingerprint density at radius 2 is 1.73 bits per heavy atom. The Bertz CT molecular complexity index is 847. The molecule has 3 rings (SSSR count). The van der Waals surface area contributed by atoms with Crippen LogP contribution in [0.5, 0.6) is 0 Å². The van der Waals surface area contributed by atoms with Crippen molar-refractivity contribution >= 4 is 27.7 Å². The van der Waals surface area contributed by atoms with Crippen molar-refractivity contribution in [2.24, 2.45) is 0 Å². The monoisotopic (exact) mass is 438 g/mol. The van der Waals surface area contributed by atoms with Crippen LogP contribution in [0.2, 0.25) is 0 Å². The summed E-state index contributed by atoms with van der Waals surface area (Å²) in [5.74, 6) is -0.216. The summed E-state index contributed by atoms with van der Waals surface area (Å²) >= 11 is 0. The standard InChI is InChI=1S/C20H30N4O5S/c1-2-29-20(26)23-13-11-22(12-14-23)16-19(25)21-17-7-6-8-18(15-17)30(27,28)24-9-4-3-5-10-24/h6-8,15H,2-5,9-14,16H2,1H3,(H,21,25). The first-order chi connectivity index (χ1) is 14.4. The Morgan fingerprint density at radius 3 is 2.40 bits per heavy atom. The van der Waals surface area contributed by atoms with Crippen molar-refractivity contribution in [3.05, 3.63) is 24.3 Å². The number of ether oxygens (including phenoxy) is 1. The summed E-state index contributed by atoms with van der Waals surface area (Å²) in [6.07, 6.45) is 2.47. The van der Waals surface area contributed by atoms with Gasteiger partial charge in [-0.2, -0.15) is 4.31 Å². The van der Waals surface area contributed by atoms with Crippen LogP contribution in [0.1, 0.15) is 26.2 Å². The lowest BCUT2D eigenvalue weighted by molar-refractivity contribution is -0.117. The molecule has 2 aliphatic rings. The highest BCUT2D eigenvalue weighted by Gasteiger charge is 2.26. The minimum absolute atomic E-state index is 0.180. The predicted molar refractivity (Wildman–Crippen MR) is 113 cm³/mol. The molecular formula is C20H30N4O5S. The average Bonchev–Trinajstić information content (AvgIpc) is 2.75. The van der Waals surface area contributed by atoms with Crippen molar-refractivity contribution in [3.8, 4) is 0 Å². The first kappa shape index (κ1) is 22.5. The number of hydrogen-bond acceptors (Lipinski definition) is 6. The average molecular weight is 439 g/mol. The molecule has 0 atom stereocenters. The molecule has 0 unspecified atom stereocenters. The molecule has 10 heteroatoms. The first-order valence-corrected chi connectivity index (χ1v) is 11.9. The Hall–Kier alpha value is -2.17. The van der Waals surface area contributed by atoms with Crippen molar-refractivity contribution in [1.82, 2.24) is 14.1 Å². The molecule has 1 aromatic rings. The van der Waals surface area contributed by atoms with E-state index in [-0.39, 0.29) is 23.4 Å². The van der Waals surface area contributed by atoms with Crippen LogP contribution in [0.15, 0.2) is 29.2 Å². The van der Waals surface area contributed by atoms with E-state index in [9.17, 15) is 18.0 Å². The fourth-order valence-electron chi connectivity index (χ4n) is 3.70. The van der Waals surface area contributed by atoms with Crippen LogP contribution in [0, 0.1) is 0 Å². The van der Waals surface area contributed by atoms with Gasteiger partial charge in [0, 0.05) is 45.0 Å². The third kappa shape index (κ3) is 5.71. The van der Waals surface area contributed by atoms with E-state index >= 15 is 0 Å². The van der Waals surface area contributed by atoms with E-state index in [1.54, 1.807) is 30.0 Å². The molecule has 2 saturated heterocycles. The number of amides is 2. The molecule has 2 heterocycles. The molecule has 166 valence electrons. The van der Waals surface area contributed by atoms with Gasteiger partial charge in [-0.3, -0.25) is 9.69 Å². The molecule has 1 N–H and O–H groups in total.